The second kappa shape index (κ2) is 7.93. The summed E-state index contributed by atoms with van der Waals surface area (Å²) in [5, 5.41) is 2.68. The van der Waals surface area contributed by atoms with E-state index in [1.54, 1.807) is 0 Å². The molecule has 0 bridgehead atoms. The van der Waals surface area contributed by atoms with Gasteiger partial charge in [0.25, 0.3) is 0 Å². The third-order valence-corrected chi connectivity index (χ3v) is 3.92. The molecule has 0 saturated carbocycles. The highest BCUT2D eigenvalue weighted by atomic mass is 35.5. The van der Waals surface area contributed by atoms with Gasteiger partial charge in [-0.25, -0.2) is 4.39 Å². The summed E-state index contributed by atoms with van der Waals surface area (Å²) in [7, 11) is 0. The largest absolute Gasteiger partial charge is 0.350 e. The molecule has 0 unspecified atom stereocenters. The molecule has 0 aromatic heterocycles. The predicted octanol–water partition coefficient (Wildman–Crippen LogP) is 3.46. The van der Waals surface area contributed by atoms with Gasteiger partial charge >= 0.3 is 0 Å². The summed E-state index contributed by atoms with van der Waals surface area (Å²) in [5.74, 6) is -1.22. The summed E-state index contributed by atoms with van der Waals surface area (Å²) in [5.41, 5.74) is 2.46. The molecule has 0 radical (unpaired) electrons. The van der Waals surface area contributed by atoms with Gasteiger partial charge in [0.1, 0.15) is 12.4 Å². The van der Waals surface area contributed by atoms with Gasteiger partial charge in [-0.3, -0.25) is 9.59 Å². The quantitative estimate of drug-likeness (QED) is 0.899. The van der Waals surface area contributed by atoms with E-state index in [0.717, 1.165) is 11.1 Å². The number of aryl methyl sites for hydroxylation is 1. The number of carbonyl (C=O) groups excluding carboxylic acids is 2. The summed E-state index contributed by atoms with van der Waals surface area (Å²) in [4.78, 5) is 25.2. The Balaban J connectivity index is 2.05. The van der Waals surface area contributed by atoms with Crippen LogP contribution in [0.3, 0.4) is 0 Å². The van der Waals surface area contributed by atoms with Crippen LogP contribution in [0.5, 0.6) is 0 Å². The second-order valence-electron chi connectivity index (χ2n) is 5.41. The van der Waals surface area contributed by atoms with E-state index in [2.05, 4.69) is 5.32 Å². The molecule has 2 aromatic carbocycles. The number of hydrogen-bond donors (Lipinski definition) is 1. The van der Waals surface area contributed by atoms with Crippen LogP contribution in [0.25, 0.3) is 0 Å². The Hall–Kier alpha value is -2.40. The van der Waals surface area contributed by atoms with Gasteiger partial charge in [0.2, 0.25) is 11.8 Å². The van der Waals surface area contributed by atoms with Gasteiger partial charge in [-0.1, -0.05) is 35.9 Å². The van der Waals surface area contributed by atoms with Crippen LogP contribution in [0.2, 0.25) is 5.02 Å². The molecule has 0 spiro atoms. The molecule has 0 saturated heterocycles. The van der Waals surface area contributed by atoms with Gasteiger partial charge in [0.05, 0.1) is 5.02 Å². The maximum absolute atomic E-state index is 13.3. The molecule has 2 aromatic rings. The van der Waals surface area contributed by atoms with Crippen molar-refractivity contribution < 1.29 is 14.0 Å². The molecule has 6 heteroatoms. The molecule has 4 nitrogen and oxygen atoms in total. The first kappa shape index (κ1) is 17.9. The molecule has 126 valence electrons. The van der Waals surface area contributed by atoms with Crippen molar-refractivity contribution in [3.8, 4) is 0 Å². The number of nitrogens with one attached hydrogen (secondary N) is 1. The van der Waals surface area contributed by atoms with Crippen molar-refractivity contribution >= 4 is 29.1 Å². The number of rotatable bonds is 5. The molecule has 2 amide bonds. The van der Waals surface area contributed by atoms with Crippen molar-refractivity contribution in [2.45, 2.75) is 20.4 Å². The SMILES string of the molecule is CC(=O)N(CC(=O)NCc1ccccc1C)c1ccc(F)c(Cl)c1. The Morgan fingerprint density at radius 2 is 1.92 bits per heavy atom. The molecule has 0 aliphatic carbocycles. The molecular formula is C18H18ClFN2O2. The standard InChI is InChI=1S/C18H18ClFN2O2/c1-12-5-3-4-6-14(12)10-21-18(24)11-22(13(2)23)15-7-8-17(20)16(19)9-15/h3-9H,10-11H2,1-2H3,(H,21,24). The zero-order chi connectivity index (χ0) is 17.7. The van der Waals surface area contributed by atoms with E-state index in [0.29, 0.717) is 12.2 Å². The van der Waals surface area contributed by atoms with E-state index < -0.39 is 5.82 Å². The topological polar surface area (TPSA) is 49.4 Å². The van der Waals surface area contributed by atoms with Crippen LogP contribution in [0, 0.1) is 12.7 Å². The van der Waals surface area contributed by atoms with Crippen molar-refractivity contribution in [2.24, 2.45) is 0 Å². The lowest BCUT2D eigenvalue weighted by Gasteiger charge is -2.21. The third kappa shape index (κ3) is 4.55. The van der Waals surface area contributed by atoms with Gasteiger partial charge in [-0.2, -0.15) is 0 Å². The maximum Gasteiger partial charge on any atom is 0.240 e. The lowest BCUT2D eigenvalue weighted by Crippen LogP contribution is -2.39. The van der Waals surface area contributed by atoms with Gasteiger partial charge in [0, 0.05) is 19.2 Å². The number of amides is 2. The molecule has 0 fully saturated rings. The van der Waals surface area contributed by atoms with Gasteiger partial charge in [0.15, 0.2) is 0 Å². The fraction of sp³-hybridized carbons (Fsp3) is 0.222. The third-order valence-electron chi connectivity index (χ3n) is 3.63. The van der Waals surface area contributed by atoms with Crippen molar-refractivity contribution in [2.75, 3.05) is 11.4 Å². The summed E-state index contributed by atoms with van der Waals surface area (Å²) in [6.45, 7) is 3.51. The average molecular weight is 349 g/mol. The van der Waals surface area contributed by atoms with E-state index in [1.165, 1.54) is 30.0 Å². The van der Waals surface area contributed by atoms with E-state index in [1.807, 2.05) is 31.2 Å². The van der Waals surface area contributed by atoms with Crippen molar-refractivity contribution in [1.29, 1.82) is 0 Å². The molecule has 0 atom stereocenters. The van der Waals surface area contributed by atoms with E-state index in [-0.39, 0.29) is 23.4 Å². The van der Waals surface area contributed by atoms with Crippen LogP contribution < -0.4 is 10.2 Å². The summed E-state index contributed by atoms with van der Waals surface area (Å²) < 4.78 is 13.3. The highest BCUT2D eigenvalue weighted by Gasteiger charge is 2.17. The fourth-order valence-electron chi connectivity index (χ4n) is 2.24. The lowest BCUT2D eigenvalue weighted by molar-refractivity contribution is -0.123. The molecule has 24 heavy (non-hydrogen) atoms. The van der Waals surface area contributed by atoms with Crippen LogP contribution in [-0.2, 0) is 16.1 Å². The van der Waals surface area contributed by atoms with Crippen LogP contribution in [0.15, 0.2) is 42.5 Å². The first-order valence-corrected chi connectivity index (χ1v) is 7.80. The number of nitrogens with zero attached hydrogens (tertiary/aromatic N) is 1. The van der Waals surface area contributed by atoms with Crippen molar-refractivity contribution in [3.63, 3.8) is 0 Å². The van der Waals surface area contributed by atoms with E-state index in [9.17, 15) is 14.0 Å². The first-order valence-electron chi connectivity index (χ1n) is 7.43. The van der Waals surface area contributed by atoms with Gasteiger partial charge in [-0.15, -0.1) is 0 Å². The van der Waals surface area contributed by atoms with E-state index >= 15 is 0 Å². The number of anilines is 1. The Morgan fingerprint density at radius 3 is 2.54 bits per heavy atom. The highest BCUT2D eigenvalue weighted by molar-refractivity contribution is 6.31. The van der Waals surface area contributed by atoms with Crippen molar-refractivity contribution in [3.05, 3.63) is 64.4 Å². The zero-order valence-corrected chi connectivity index (χ0v) is 14.2. The van der Waals surface area contributed by atoms with Crippen LogP contribution in [0.1, 0.15) is 18.1 Å². The minimum atomic E-state index is -0.576. The minimum Gasteiger partial charge on any atom is -0.350 e. The maximum atomic E-state index is 13.3. The Morgan fingerprint density at radius 1 is 1.21 bits per heavy atom. The van der Waals surface area contributed by atoms with Crippen LogP contribution >= 0.6 is 11.6 Å². The molecule has 0 aliphatic rings. The zero-order valence-electron chi connectivity index (χ0n) is 13.5. The van der Waals surface area contributed by atoms with Gasteiger partial charge < -0.3 is 10.2 Å². The number of benzene rings is 2. The highest BCUT2D eigenvalue weighted by Crippen LogP contribution is 2.22. The van der Waals surface area contributed by atoms with Gasteiger partial charge in [-0.05, 0) is 36.2 Å². The average Bonchev–Trinajstić information content (AvgIpc) is 2.54. The van der Waals surface area contributed by atoms with Crippen LogP contribution in [0.4, 0.5) is 10.1 Å². The molecule has 1 N–H and O–H groups in total. The van der Waals surface area contributed by atoms with E-state index in [4.69, 9.17) is 11.6 Å². The lowest BCUT2D eigenvalue weighted by atomic mass is 10.1. The molecule has 0 aliphatic heterocycles. The fourth-order valence-corrected chi connectivity index (χ4v) is 2.41. The number of hydrogen-bond acceptors (Lipinski definition) is 2. The molecule has 2 rings (SSSR count). The Kier molecular flexibility index (Phi) is 5.93. The first-order chi connectivity index (χ1) is 11.4. The summed E-state index contributed by atoms with van der Waals surface area (Å²) in [6.07, 6.45) is 0. The predicted molar refractivity (Wildman–Crippen MR) is 92.5 cm³/mol. The van der Waals surface area contributed by atoms with Crippen molar-refractivity contribution in [1.82, 2.24) is 5.32 Å². The van der Waals surface area contributed by atoms with Crippen LogP contribution in [-0.4, -0.2) is 18.4 Å². The number of carbonyl (C=O) groups is 2. The second-order valence-corrected chi connectivity index (χ2v) is 5.81. The summed E-state index contributed by atoms with van der Waals surface area (Å²) in [6, 6.07) is 11.6. The minimum absolute atomic E-state index is 0.0981. The Labute approximate surface area is 145 Å². The normalized spacial score (nSPS) is 10.3. The Bertz CT molecular complexity index is 764. The molecular weight excluding hydrogens is 331 g/mol. The smallest absolute Gasteiger partial charge is 0.240 e. The molecule has 0 heterocycles. The summed E-state index contributed by atoms with van der Waals surface area (Å²) >= 11 is 5.74. The monoisotopic (exact) mass is 348 g/mol. The number of halogens is 2.